The van der Waals surface area contributed by atoms with Gasteiger partial charge in [-0.1, -0.05) is 0 Å². The highest BCUT2D eigenvalue weighted by Crippen LogP contribution is 2.16. The minimum atomic E-state index is -1.72. The van der Waals surface area contributed by atoms with E-state index in [0.717, 1.165) is 12.1 Å². The molecule has 1 unspecified atom stereocenters. The van der Waals surface area contributed by atoms with Crippen LogP contribution in [0.3, 0.4) is 0 Å². The molecule has 0 fully saturated rings. The van der Waals surface area contributed by atoms with E-state index in [9.17, 15) is 23.5 Å². The fraction of sp³-hybridized carbons (Fsp3) is 0.273. The van der Waals surface area contributed by atoms with Crippen molar-refractivity contribution in [3.05, 3.63) is 35.4 Å². The second kappa shape index (κ2) is 5.49. The summed E-state index contributed by atoms with van der Waals surface area (Å²) in [4.78, 5) is 21.7. The molecule has 17 heavy (non-hydrogen) atoms. The molecule has 4 nitrogen and oxygen atoms in total. The van der Waals surface area contributed by atoms with Crippen molar-refractivity contribution < 1.29 is 23.5 Å². The largest absolute Gasteiger partial charge is 0.378 e. The lowest BCUT2D eigenvalue weighted by Crippen LogP contribution is -2.37. The molecule has 0 saturated heterocycles. The van der Waals surface area contributed by atoms with Gasteiger partial charge in [-0.15, -0.1) is 0 Å². The molecule has 6 heteroatoms. The number of aliphatic hydroxyl groups is 1. The SMILES string of the molecule is C[C@@H](C=O)NC(=O)C(O)c1cc(F)cc(F)c1. The Morgan fingerprint density at radius 1 is 1.35 bits per heavy atom. The van der Waals surface area contributed by atoms with E-state index in [4.69, 9.17) is 0 Å². The van der Waals surface area contributed by atoms with Crippen molar-refractivity contribution in [2.24, 2.45) is 0 Å². The summed E-state index contributed by atoms with van der Waals surface area (Å²) in [5.41, 5.74) is -0.210. The molecule has 2 atom stereocenters. The Bertz CT molecular complexity index is 416. The first-order valence-electron chi connectivity index (χ1n) is 4.83. The van der Waals surface area contributed by atoms with Crippen LogP contribution in [0.5, 0.6) is 0 Å². The minimum absolute atomic E-state index is 0.210. The van der Waals surface area contributed by atoms with Gasteiger partial charge in [0.25, 0.3) is 5.91 Å². The van der Waals surface area contributed by atoms with Crippen LogP contribution in [0.2, 0.25) is 0 Å². The number of nitrogens with one attached hydrogen (secondary N) is 1. The molecule has 0 spiro atoms. The van der Waals surface area contributed by atoms with Crippen LogP contribution < -0.4 is 5.32 Å². The zero-order valence-corrected chi connectivity index (χ0v) is 8.98. The fourth-order valence-electron chi connectivity index (χ4n) is 1.22. The van der Waals surface area contributed by atoms with E-state index in [1.54, 1.807) is 0 Å². The summed E-state index contributed by atoms with van der Waals surface area (Å²) in [7, 11) is 0. The van der Waals surface area contributed by atoms with Crippen molar-refractivity contribution in [3.8, 4) is 0 Å². The number of rotatable bonds is 4. The van der Waals surface area contributed by atoms with Crippen LogP contribution in [0, 0.1) is 11.6 Å². The van der Waals surface area contributed by atoms with Gasteiger partial charge in [0, 0.05) is 6.07 Å². The van der Waals surface area contributed by atoms with Crippen molar-refractivity contribution >= 4 is 12.2 Å². The van der Waals surface area contributed by atoms with Crippen molar-refractivity contribution in [1.29, 1.82) is 0 Å². The van der Waals surface area contributed by atoms with Gasteiger partial charge in [0.05, 0.1) is 6.04 Å². The Labute approximate surface area is 96.3 Å². The Kier molecular flexibility index (Phi) is 4.28. The van der Waals surface area contributed by atoms with Crippen LogP contribution in [-0.2, 0) is 9.59 Å². The van der Waals surface area contributed by atoms with Gasteiger partial charge >= 0.3 is 0 Å². The number of aldehydes is 1. The van der Waals surface area contributed by atoms with Gasteiger partial charge in [0.2, 0.25) is 0 Å². The molecule has 0 bridgehead atoms. The molecule has 1 aromatic carbocycles. The molecule has 92 valence electrons. The van der Waals surface area contributed by atoms with Crippen LogP contribution in [0.15, 0.2) is 18.2 Å². The van der Waals surface area contributed by atoms with Gasteiger partial charge in [-0.3, -0.25) is 4.79 Å². The van der Waals surface area contributed by atoms with E-state index in [1.807, 2.05) is 0 Å². The van der Waals surface area contributed by atoms with Crippen molar-refractivity contribution in [3.63, 3.8) is 0 Å². The first-order valence-corrected chi connectivity index (χ1v) is 4.83. The average molecular weight is 243 g/mol. The summed E-state index contributed by atoms with van der Waals surface area (Å²) in [6.07, 6.45) is -1.25. The predicted octanol–water partition coefficient (Wildman–Crippen LogP) is 0.702. The molecule has 0 aliphatic carbocycles. The first kappa shape index (κ1) is 13.2. The number of halogens is 2. The molecule has 0 radical (unpaired) electrons. The maximum atomic E-state index is 12.8. The van der Waals surface area contributed by atoms with Crippen molar-refractivity contribution in [2.75, 3.05) is 0 Å². The smallest absolute Gasteiger partial charge is 0.254 e. The quantitative estimate of drug-likeness (QED) is 0.765. The third-order valence-electron chi connectivity index (χ3n) is 2.02. The monoisotopic (exact) mass is 243 g/mol. The summed E-state index contributed by atoms with van der Waals surface area (Å²) in [6, 6.07) is 1.54. The van der Waals surface area contributed by atoms with Crippen molar-refractivity contribution in [2.45, 2.75) is 19.1 Å². The van der Waals surface area contributed by atoms with E-state index in [0.29, 0.717) is 12.4 Å². The Morgan fingerprint density at radius 3 is 2.35 bits per heavy atom. The number of benzene rings is 1. The van der Waals surface area contributed by atoms with Crippen LogP contribution in [-0.4, -0.2) is 23.3 Å². The van der Waals surface area contributed by atoms with E-state index in [-0.39, 0.29) is 5.56 Å². The summed E-state index contributed by atoms with van der Waals surface area (Å²) in [5.74, 6) is -2.68. The molecule has 0 aliphatic heterocycles. The Balaban J connectivity index is 2.84. The van der Waals surface area contributed by atoms with E-state index < -0.39 is 29.7 Å². The van der Waals surface area contributed by atoms with Gasteiger partial charge in [0.15, 0.2) is 6.10 Å². The Hall–Kier alpha value is -1.82. The topological polar surface area (TPSA) is 66.4 Å². The van der Waals surface area contributed by atoms with Gasteiger partial charge in [-0.2, -0.15) is 0 Å². The molecular formula is C11H11F2NO3. The maximum Gasteiger partial charge on any atom is 0.254 e. The molecule has 1 rings (SSSR count). The summed E-state index contributed by atoms with van der Waals surface area (Å²) < 4.78 is 25.7. The lowest BCUT2D eigenvalue weighted by Gasteiger charge is -2.13. The third-order valence-corrected chi connectivity index (χ3v) is 2.02. The number of amides is 1. The van der Waals surface area contributed by atoms with Gasteiger partial charge < -0.3 is 15.2 Å². The van der Waals surface area contributed by atoms with Crippen LogP contribution in [0.4, 0.5) is 8.78 Å². The summed E-state index contributed by atoms with van der Waals surface area (Å²) in [6.45, 7) is 1.41. The summed E-state index contributed by atoms with van der Waals surface area (Å²) in [5, 5.41) is 11.7. The summed E-state index contributed by atoms with van der Waals surface area (Å²) >= 11 is 0. The highest BCUT2D eigenvalue weighted by molar-refractivity contribution is 5.84. The average Bonchev–Trinajstić information content (AvgIpc) is 2.26. The van der Waals surface area contributed by atoms with Gasteiger partial charge in [0.1, 0.15) is 17.9 Å². The Morgan fingerprint density at radius 2 is 1.88 bits per heavy atom. The number of carbonyl (C=O) groups is 2. The molecular weight excluding hydrogens is 232 g/mol. The second-order valence-corrected chi connectivity index (χ2v) is 3.54. The molecule has 2 N–H and O–H groups in total. The van der Waals surface area contributed by atoms with Crippen LogP contribution in [0.1, 0.15) is 18.6 Å². The zero-order chi connectivity index (χ0) is 13.0. The van der Waals surface area contributed by atoms with Gasteiger partial charge in [-0.05, 0) is 24.6 Å². The zero-order valence-electron chi connectivity index (χ0n) is 8.98. The third kappa shape index (κ3) is 3.60. The number of aliphatic hydroxyl groups excluding tert-OH is 1. The molecule has 1 amide bonds. The van der Waals surface area contributed by atoms with E-state index in [1.165, 1.54) is 6.92 Å². The van der Waals surface area contributed by atoms with Crippen LogP contribution >= 0.6 is 0 Å². The molecule has 0 saturated carbocycles. The molecule has 0 heterocycles. The second-order valence-electron chi connectivity index (χ2n) is 3.54. The lowest BCUT2D eigenvalue weighted by molar-refractivity contribution is -0.131. The van der Waals surface area contributed by atoms with Crippen LogP contribution in [0.25, 0.3) is 0 Å². The fourth-order valence-corrected chi connectivity index (χ4v) is 1.22. The first-order chi connectivity index (χ1) is 7.93. The van der Waals surface area contributed by atoms with Crippen molar-refractivity contribution in [1.82, 2.24) is 5.32 Å². The number of hydrogen-bond donors (Lipinski definition) is 2. The highest BCUT2D eigenvalue weighted by Gasteiger charge is 2.20. The predicted molar refractivity (Wildman–Crippen MR) is 55.0 cm³/mol. The number of carbonyl (C=O) groups excluding carboxylic acids is 2. The standard InChI is InChI=1S/C11H11F2NO3/c1-6(5-15)14-11(17)10(16)7-2-8(12)4-9(13)3-7/h2-6,10,16H,1H3,(H,14,17)/t6-,10?/m0/s1. The minimum Gasteiger partial charge on any atom is -0.378 e. The normalized spacial score (nSPS) is 13.9. The van der Waals surface area contributed by atoms with E-state index >= 15 is 0 Å². The van der Waals surface area contributed by atoms with Gasteiger partial charge in [-0.25, -0.2) is 8.78 Å². The highest BCUT2D eigenvalue weighted by atomic mass is 19.1. The number of hydrogen-bond acceptors (Lipinski definition) is 3. The molecule has 1 aromatic rings. The lowest BCUT2D eigenvalue weighted by atomic mass is 10.1. The van der Waals surface area contributed by atoms with E-state index in [2.05, 4.69) is 5.32 Å². The maximum absolute atomic E-state index is 12.8. The molecule has 0 aromatic heterocycles. The molecule has 0 aliphatic rings.